The van der Waals surface area contributed by atoms with Crippen molar-refractivity contribution in [3.63, 3.8) is 0 Å². The van der Waals surface area contributed by atoms with Gasteiger partial charge in [0.15, 0.2) is 0 Å². The Balaban J connectivity index is 1.48. The fourth-order valence-corrected chi connectivity index (χ4v) is 5.33. The van der Waals surface area contributed by atoms with Crippen LogP contribution in [0.1, 0.15) is 43.5 Å². The molecule has 0 aliphatic carbocycles. The van der Waals surface area contributed by atoms with Gasteiger partial charge >= 0.3 is 0 Å². The van der Waals surface area contributed by atoms with Gasteiger partial charge in [0.25, 0.3) is 5.91 Å². The first-order chi connectivity index (χ1) is 13.5. The van der Waals surface area contributed by atoms with E-state index in [0.717, 1.165) is 62.3 Å². The molecule has 154 valence electrons. The number of hydrogen-bond acceptors (Lipinski definition) is 4. The van der Waals surface area contributed by atoms with Crippen molar-refractivity contribution in [2.45, 2.75) is 38.0 Å². The highest BCUT2D eigenvalue weighted by Crippen LogP contribution is 2.24. The normalized spacial score (nSPS) is 23.0. The standard InChI is InChI=1S/C22H33N3O2S/c1-17-13-18(2)15-24(14-17)12-9-23-22(27)19-7-3-4-8-20(19)28-16-21(26)25-10-5-6-11-25/h3-4,7-8,17-18H,5-6,9-16H2,1-2H3,(H,23,27). The SMILES string of the molecule is CC1CC(C)CN(CCNC(=O)c2ccccc2SCC(=O)N2CCCC2)C1. The molecule has 5 nitrogen and oxygen atoms in total. The number of rotatable bonds is 7. The third-order valence-electron chi connectivity index (χ3n) is 5.60. The second kappa shape index (κ2) is 10.3. The van der Waals surface area contributed by atoms with Gasteiger partial charge in [-0.15, -0.1) is 11.8 Å². The van der Waals surface area contributed by atoms with Crippen molar-refractivity contribution in [2.24, 2.45) is 11.8 Å². The van der Waals surface area contributed by atoms with Crippen molar-refractivity contribution >= 4 is 23.6 Å². The average Bonchev–Trinajstić information content (AvgIpc) is 3.20. The van der Waals surface area contributed by atoms with E-state index in [1.807, 2.05) is 29.2 Å². The van der Waals surface area contributed by atoms with Gasteiger partial charge in [-0.25, -0.2) is 0 Å². The first-order valence-electron chi connectivity index (χ1n) is 10.5. The van der Waals surface area contributed by atoms with E-state index >= 15 is 0 Å². The predicted molar refractivity (Wildman–Crippen MR) is 115 cm³/mol. The lowest BCUT2D eigenvalue weighted by Crippen LogP contribution is -2.42. The molecule has 1 N–H and O–H groups in total. The zero-order valence-electron chi connectivity index (χ0n) is 17.2. The van der Waals surface area contributed by atoms with Gasteiger partial charge in [-0.3, -0.25) is 9.59 Å². The Morgan fingerprint density at radius 2 is 1.79 bits per heavy atom. The van der Waals surface area contributed by atoms with Crippen molar-refractivity contribution in [2.75, 3.05) is 45.0 Å². The largest absolute Gasteiger partial charge is 0.351 e. The summed E-state index contributed by atoms with van der Waals surface area (Å²) in [7, 11) is 0. The Labute approximate surface area is 173 Å². The van der Waals surface area contributed by atoms with E-state index in [2.05, 4.69) is 24.1 Å². The second-order valence-electron chi connectivity index (χ2n) is 8.33. The summed E-state index contributed by atoms with van der Waals surface area (Å²) in [5, 5.41) is 3.07. The summed E-state index contributed by atoms with van der Waals surface area (Å²) in [4.78, 5) is 30.3. The highest BCUT2D eigenvalue weighted by molar-refractivity contribution is 8.00. The van der Waals surface area contributed by atoms with E-state index in [-0.39, 0.29) is 11.8 Å². The number of carbonyl (C=O) groups excluding carboxylic acids is 2. The molecule has 2 atom stereocenters. The lowest BCUT2D eigenvalue weighted by atomic mass is 9.92. The van der Waals surface area contributed by atoms with Gasteiger partial charge in [0.2, 0.25) is 5.91 Å². The third kappa shape index (κ3) is 5.98. The Hall–Kier alpha value is -1.53. The molecule has 2 saturated heterocycles. The highest BCUT2D eigenvalue weighted by Gasteiger charge is 2.22. The highest BCUT2D eigenvalue weighted by atomic mass is 32.2. The van der Waals surface area contributed by atoms with E-state index in [1.165, 1.54) is 18.2 Å². The average molecular weight is 404 g/mol. The summed E-state index contributed by atoms with van der Waals surface area (Å²) < 4.78 is 0. The van der Waals surface area contributed by atoms with Crippen LogP contribution >= 0.6 is 11.8 Å². The van der Waals surface area contributed by atoms with Gasteiger partial charge in [-0.05, 0) is 43.2 Å². The van der Waals surface area contributed by atoms with E-state index in [9.17, 15) is 9.59 Å². The van der Waals surface area contributed by atoms with Crippen LogP contribution in [0.3, 0.4) is 0 Å². The van der Waals surface area contributed by atoms with E-state index in [0.29, 0.717) is 17.9 Å². The Morgan fingerprint density at radius 1 is 1.11 bits per heavy atom. The number of piperidine rings is 1. The van der Waals surface area contributed by atoms with Gasteiger partial charge < -0.3 is 15.1 Å². The molecule has 6 heteroatoms. The zero-order chi connectivity index (χ0) is 19.9. The monoisotopic (exact) mass is 403 g/mol. The van der Waals surface area contributed by atoms with Crippen molar-refractivity contribution < 1.29 is 9.59 Å². The summed E-state index contributed by atoms with van der Waals surface area (Å²) >= 11 is 1.47. The van der Waals surface area contributed by atoms with Crippen LogP contribution in [0.25, 0.3) is 0 Å². The van der Waals surface area contributed by atoms with Crippen LogP contribution in [0, 0.1) is 11.8 Å². The first kappa shape index (κ1) is 21.2. The molecule has 2 fully saturated rings. The molecule has 2 unspecified atom stereocenters. The number of hydrogen-bond donors (Lipinski definition) is 1. The number of thioether (sulfide) groups is 1. The molecule has 0 aromatic heterocycles. The summed E-state index contributed by atoms with van der Waals surface area (Å²) in [5.41, 5.74) is 0.669. The van der Waals surface area contributed by atoms with E-state index in [1.54, 1.807) is 0 Å². The molecule has 2 heterocycles. The smallest absolute Gasteiger partial charge is 0.252 e. The number of carbonyl (C=O) groups is 2. The molecule has 1 aromatic rings. The van der Waals surface area contributed by atoms with Crippen LogP contribution in [0.5, 0.6) is 0 Å². The summed E-state index contributed by atoms with van der Waals surface area (Å²) in [6.45, 7) is 10.1. The van der Waals surface area contributed by atoms with Crippen molar-refractivity contribution in [3.05, 3.63) is 29.8 Å². The maximum atomic E-state index is 12.7. The van der Waals surface area contributed by atoms with Gasteiger partial charge in [-0.2, -0.15) is 0 Å². The van der Waals surface area contributed by atoms with Crippen molar-refractivity contribution in [1.29, 1.82) is 0 Å². The lowest BCUT2D eigenvalue weighted by Gasteiger charge is -2.34. The molecule has 0 spiro atoms. The summed E-state index contributed by atoms with van der Waals surface area (Å²) in [5.74, 6) is 1.98. The predicted octanol–water partition coefficient (Wildman–Crippen LogP) is 3.11. The van der Waals surface area contributed by atoms with Crippen LogP contribution in [-0.2, 0) is 4.79 Å². The number of amides is 2. The minimum atomic E-state index is -0.0465. The minimum absolute atomic E-state index is 0.0465. The number of benzene rings is 1. The summed E-state index contributed by atoms with van der Waals surface area (Å²) in [6.07, 6.45) is 3.50. The molecule has 0 bridgehead atoms. The second-order valence-corrected chi connectivity index (χ2v) is 9.35. The fourth-order valence-electron chi connectivity index (χ4n) is 4.37. The molecule has 0 radical (unpaired) electrons. The van der Waals surface area contributed by atoms with Crippen LogP contribution in [0.2, 0.25) is 0 Å². The Kier molecular flexibility index (Phi) is 7.80. The molecule has 28 heavy (non-hydrogen) atoms. The van der Waals surface area contributed by atoms with E-state index in [4.69, 9.17) is 0 Å². The maximum Gasteiger partial charge on any atom is 0.252 e. The number of likely N-dealkylation sites (tertiary alicyclic amines) is 2. The lowest BCUT2D eigenvalue weighted by molar-refractivity contribution is -0.127. The van der Waals surface area contributed by atoms with E-state index < -0.39 is 0 Å². The number of nitrogens with one attached hydrogen (secondary N) is 1. The van der Waals surface area contributed by atoms with Crippen molar-refractivity contribution in [3.8, 4) is 0 Å². The molecule has 2 aliphatic rings. The third-order valence-corrected chi connectivity index (χ3v) is 6.66. The Morgan fingerprint density at radius 3 is 2.50 bits per heavy atom. The molecular weight excluding hydrogens is 370 g/mol. The molecule has 2 aliphatic heterocycles. The molecule has 1 aromatic carbocycles. The topological polar surface area (TPSA) is 52.7 Å². The quantitative estimate of drug-likeness (QED) is 0.711. The van der Waals surface area contributed by atoms with Crippen LogP contribution in [0.4, 0.5) is 0 Å². The van der Waals surface area contributed by atoms with Crippen LogP contribution in [-0.4, -0.2) is 66.6 Å². The molecule has 0 saturated carbocycles. The van der Waals surface area contributed by atoms with Crippen LogP contribution in [0.15, 0.2) is 29.2 Å². The first-order valence-corrected chi connectivity index (χ1v) is 11.5. The van der Waals surface area contributed by atoms with Gasteiger partial charge in [-0.1, -0.05) is 26.0 Å². The van der Waals surface area contributed by atoms with Crippen molar-refractivity contribution in [1.82, 2.24) is 15.1 Å². The van der Waals surface area contributed by atoms with Gasteiger partial charge in [0.05, 0.1) is 11.3 Å². The van der Waals surface area contributed by atoms with Gasteiger partial charge in [0, 0.05) is 44.2 Å². The Bertz CT molecular complexity index is 666. The minimum Gasteiger partial charge on any atom is -0.351 e. The molecule has 2 amide bonds. The molecular formula is C22H33N3O2S. The number of nitrogens with zero attached hydrogens (tertiary/aromatic N) is 2. The fraction of sp³-hybridized carbons (Fsp3) is 0.636. The van der Waals surface area contributed by atoms with Gasteiger partial charge in [0.1, 0.15) is 0 Å². The summed E-state index contributed by atoms with van der Waals surface area (Å²) in [6, 6.07) is 7.60. The van der Waals surface area contributed by atoms with Crippen LogP contribution < -0.4 is 5.32 Å². The molecule has 3 rings (SSSR count). The zero-order valence-corrected chi connectivity index (χ0v) is 18.0. The maximum absolute atomic E-state index is 12.7.